The molecule has 0 bridgehead atoms. The third-order valence-corrected chi connectivity index (χ3v) is 4.42. The summed E-state index contributed by atoms with van der Waals surface area (Å²) in [6.45, 7) is 7.50. The van der Waals surface area contributed by atoms with Gasteiger partial charge < -0.3 is 9.74 Å². The Balaban J connectivity index is 2.12. The number of aromatic nitrogens is 2. The Kier molecular flexibility index (Phi) is 4.11. The van der Waals surface area contributed by atoms with E-state index in [-0.39, 0.29) is 0 Å². The van der Waals surface area contributed by atoms with Gasteiger partial charge in [0.2, 0.25) is 0 Å². The molecular formula is C18H24N4O. The van der Waals surface area contributed by atoms with Crippen molar-refractivity contribution in [1.82, 2.24) is 9.78 Å². The summed E-state index contributed by atoms with van der Waals surface area (Å²) in [4.78, 5) is 7.19. The molecule has 0 fully saturated rings. The van der Waals surface area contributed by atoms with Crippen LogP contribution in [0.4, 0.5) is 11.5 Å². The molecule has 0 N–H and O–H groups in total. The molecule has 0 aliphatic carbocycles. The number of benzene rings is 1. The highest BCUT2D eigenvalue weighted by Crippen LogP contribution is 2.37. The number of oxime groups is 1. The van der Waals surface area contributed by atoms with Gasteiger partial charge in [-0.3, -0.25) is 4.68 Å². The first-order chi connectivity index (χ1) is 11.0. The molecule has 2 aromatic rings. The highest BCUT2D eigenvalue weighted by Gasteiger charge is 2.27. The van der Waals surface area contributed by atoms with Crippen molar-refractivity contribution in [2.45, 2.75) is 33.6 Å². The Labute approximate surface area is 137 Å². The van der Waals surface area contributed by atoms with Crippen LogP contribution in [-0.2, 0) is 18.3 Å². The molecule has 0 radical (unpaired) electrons. The second-order valence-electron chi connectivity index (χ2n) is 6.23. The van der Waals surface area contributed by atoms with Crippen LogP contribution in [0.2, 0.25) is 0 Å². The Morgan fingerprint density at radius 1 is 1.22 bits per heavy atom. The summed E-state index contributed by atoms with van der Waals surface area (Å²) in [6.07, 6.45) is 3.89. The Bertz CT molecular complexity index is 738. The van der Waals surface area contributed by atoms with E-state index in [0.717, 1.165) is 30.9 Å². The van der Waals surface area contributed by atoms with Crippen LogP contribution in [0, 0.1) is 20.8 Å². The van der Waals surface area contributed by atoms with Gasteiger partial charge in [-0.1, -0.05) is 22.9 Å². The number of hydrogen-bond acceptors (Lipinski definition) is 4. The fraction of sp³-hybridized carbons (Fsp3) is 0.444. The minimum Gasteiger partial charge on any atom is -0.399 e. The quantitative estimate of drug-likeness (QED) is 0.644. The zero-order valence-electron chi connectivity index (χ0n) is 14.6. The van der Waals surface area contributed by atoms with Gasteiger partial charge >= 0.3 is 0 Å². The maximum Gasteiger partial charge on any atom is 0.158 e. The average Bonchev–Trinajstić information content (AvgIpc) is 2.80. The van der Waals surface area contributed by atoms with Crippen LogP contribution in [0.25, 0.3) is 0 Å². The maximum absolute atomic E-state index is 4.84. The zero-order chi connectivity index (χ0) is 16.6. The molecule has 23 heavy (non-hydrogen) atoms. The van der Waals surface area contributed by atoms with E-state index in [1.165, 1.54) is 27.9 Å². The summed E-state index contributed by atoms with van der Waals surface area (Å²) in [6, 6.07) is 4.49. The second-order valence-corrected chi connectivity index (χ2v) is 6.23. The molecule has 5 heteroatoms. The minimum absolute atomic E-state index is 0.996. The van der Waals surface area contributed by atoms with E-state index in [9.17, 15) is 0 Å². The Morgan fingerprint density at radius 3 is 2.57 bits per heavy atom. The highest BCUT2D eigenvalue weighted by molar-refractivity contribution is 5.84. The average molecular weight is 312 g/mol. The first-order valence-electron chi connectivity index (χ1n) is 8.00. The fourth-order valence-electron chi connectivity index (χ4n) is 3.62. The monoisotopic (exact) mass is 312 g/mol. The molecule has 1 aliphatic heterocycles. The number of anilines is 2. The zero-order valence-corrected chi connectivity index (χ0v) is 14.6. The lowest BCUT2D eigenvalue weighted by Crippen LogP contribution is -2.26. The van der Waals surface area contributed by atoms with E-state index in [1.807, 2.05) is 11.7 Å². The van der Waals surface area contributed by atoms with E-state index < -0.39 is 0 Å². The van der Waals surface area contributed by atoms with Gasteiger partial charge in [-0.25, -0.2) is 0 Å². The van der Waals surface area contributed by atoms with Gasteiger partial charge in [0.25, 0.3) is 0 Å². The second kappa shape index (κ2) is 6.07. The number of nitrogens with zero attached hydrogens (tertiary/aromatic N) is 4. The smallest absolute Gasteiger partial charge is 0.158 e. The Morgan fingerprint density at radius 2 is 1.91 bits per heavy atom. The minimum atomic E-state index is 0.996. The summed E-state index contributed by atoms with van der Waals surface area (Å²) in [5.74, 6) is 1.05. The molecule has 1 aromatic carbocycles. The summed E-state index contributed by atoms with van der Waals surface area (Å²) in [5.41, 5.74) is 7.45. The molecule has 1 aromatic heterocycles. The van der Waals surface area contributed by atoms with Gasteiger partial charge in [0, 0.05) is 24.8 Å². The summed E-state index contributed by atoms with van der Waals surface area (Å²) >= 11 is 0. The van der Waals surface area contributed by atoms with Crippen molar-refractivity contribution in [3.63, 3.8) is 0 Å². The lowest BCUT2D eigenvalue weighted by atomic mass is 10.00. The predicted molar refractivity (Wildman–Crippen MR) is 93.8 cm³/mol. The third kappa shape index (κ3) is 2.71. The van der Waals surface area contributed by atoms with Crippen LogP contribution < -0.4 is 4.90 Å². The summed E-state index contributed by atoms with van der Waals surface area (Å²) in [7, 11) is 3.52. The van der Waals surface area contributed by atoms with Crippen molar-refractivity contribution in [2.75, 3.05) is 18.6 Å². The van der Waals surface area contributed by atoms with Crippen molar-refractivity contribution in [3.05, 3.63) is 40.1 Å². The molecule has 3 rings (SSSR count). The molecule has 0 unspecified atom stereocenters. The van der Waals surface area contributed by atoms with Crippen LogP contribution in [-0.4, -0.2) is 29.6 Å². The predicted octanol–water partition coefficient (Wildman–Crippen LogP) is 3.41. The topological polar surface area (TPSA) is 42.7 Å². The van der Waals surface area contributed by atoms with Gasteiger partial charge in [0.15, 0.2) is 5.82 Å². The van der Waals surface area contributed by atoms with Gasteiger partial charge in [0.1, 0.15) is 7.11 Å². The standard InChI is InChI=1S/C18H24N4O/c1-12-9-13(2)17(14(3)10-12)22-8-6-7-15-16(11-19-23-5)21(4)20-18(15)22/h9-11H,6-8H2,1-5H3/b19-11+. The lowest BCUT2D eigenvalue weighted by molar-refractivity contribution is 0.215. The Hall–Kier alpha value is -2.30. The normalized spacial score (nSPS) is 14.4. The van der Waals surface area contributed by atoms with Crippen LogP contribution in [0.1, 0.15) is 34.4 Å². The van der Waals surface area contributed by atoms with Gasteiger partial charge in [-0.05, 0) is 44.7 Å². The number of hydrogen-bond donors (Lipinski definition) is 0. The van der Waals surface area contributed by atoms with Crippen LogP contribution in [0.5, 0.6) is 0 Å². The maximum atomic E-state index is 4.84. The lowest BCUT2D eigenvalue weighted by Gasteiger charge is -2.30. The van der Waals surface area contributed by atoms with E-state index in [2.05, 4.69) is 43.0 Å². The molecule has 1 aliphatic rings. The van der Waals surface area contributed by atoms with E-state index in [1.54, 1.807) is 13.3 Å². The first-order valence-corrected chi connectivity index (χ1v) is 8.00. The van der Waals surface area contributed by atoms with Gasteiger partial charge in [-0.15, -0.1) is 0 Å². The fourth-order valence-corrected chi connectivity index (χ4v) is 3.62. The molecule has 0 amide bonds. The van der Waals surface area contributed by atoms with Crippen molar-refractivity contribution in [1.29, 1.82) is 0 Å². The van der Waals surface area contributed by atoms with Gasteiger partial charge in [0.05, 0.1) is 11.9 Å². The van der Waals surface area contributed by atoms with Crippen molar-refractivity contribution in [2.24, 2.45) is 12.2 Å². The number of rotatable bonds is 3. The molecule has 0 atom stereocenters. The van der Waals surface area contributed by atoms with Crippen molar-refractivity contribution in [3.8, 4) is 0 Å². The number of aryl methyl sites for hydroxylation is 4. The molecule has 0 spiro atoms. The molecule has 122 valence electrons. The third-order valence-electron chi connectivity index (χ3n) is 4.42. The molecule has 5 nitrogen and oxygen atoms in total. The molecule has 0 saturated heterocycles. The SMILES string of the molecule is CO/N=C/c1c2c(nn1C)N(c1c(C)cc(C)cc1C)CCC2. The summed E-state index contributed by atoms with van der Waals surface area (Å²) < 4.78 is 1.89. The molecule has 0 saturated carbocycles. The van der Waals surface area contributed by atoms with E-state index >= 15 is 0 Å². The first kappa shape index (κ1) is 15.6. The molecule has 2 heterocycles. The van der Waals surface area contributed by atoms with Crippen LogP contribution >= 0.6 is 0 Å². The molecular weight excluding hydrogens is 288 g/mol. The van der Waals surface area contributed by atoms with Crippen molar-refractivity contribution >= 4 is 17.7 Å². The van der Waals surface area contributed by atoms with Crippen molar-refractivity contribution < 1.29 is 4.84 Å². The largest absolute Gasteiger partial charge is 0.399 e. The number of fused-ring (bicyclic) bond motifs is 1. The van der Waals surface area contributed by atoms with Gasteiger partial charge in [-0.2, -0.15) is 5.10 Å². The highest BCUT2D eigenvalue weighted by atomic mass is 16.6. The van der Waals surface area contributed by atoms with E-state index in [0.29, 0.717) is 0 Å². The van der Waals surface area contributed by atoms with Crippen LogP contribution in [0.3, 0.4) is 0 Å². The van der Waals surface area contributed by atoms with E-state index in [4.69, 9.17) is 9.94 Å². The summed E-state index contributed by atoms with van der Waals surface area (Å²) in [5, 5.41) is 8.69. The van der Waals surface area contributed by atoms with Crippen LogP contribution in [0.15, 0.2) is 17.3 Å².